The van der Waals surface area contributed by atoms with Crippen LogP contribution in [-0.4, -0.2) is 28.1 Å². The molecule has 18 heavy (non-hydrogen) atoms. The molecule has 0 amide bonds. The van der Waals surface area contributed by atoms with Crippen molar-refractivity contribution in [2.45, 2.75) is 31.6 Å². The van der Waals surface area contributed by atoms with Crippen LogP contribution in [0.15, 0.2) is 11.0 Å². The molecule has 1 aliphatic rings. The first-order chi connectivity index (χ1) is 8.49. The maximum Gasteiger partial charge on any atom is 0.241 e. The lowest BCUT2D eigenvalue weighted by molar-refractivity contribution is 0.376. The van der Waals surface area contributed by atoms with Gasteiger partial charge in [0, 0.05) is 16.3 Å². The normalized spacial score (nSPS) is 21.1. The average Bonchev–Trinajstić information content (AvgIpc) is 2.68. The minimum Gasteiger partial charge on any atom is -0.316 e. The van der Waals surface area contributed by atoms with Crippen molar-refractivity contribution in [1.29, 1.82) is 0 Å². The molecule has 1 aliphatic heterocycles. The summed E-state index contributed by atoms with van der Waals surface area (Å²) in [6.07, 6.45) is 2.22. The Kier molecular flexibility index (Phi) is 4.42. The first kappa shape index (κ1) is 14.0. The van der Waals surface area contributed by atoms with Crippen molar-refractivity contribution in [2.24, 2.45) is 5.92 Å². The van der Waals surface area contributed by atoms with Gasteiger partial charge < -0.3 is 5.32 Å². The molecule has 2 N–H and O–H groups in total. The Morgan fingerprint density at radius 2 is 2.28 bits per heavy atom. The van der Waals surface area contributed by atoms with Gasteiger partial charge in [-0.2, -0.15) is 0 Å². The minimum atomic E-state index is -3.34. The van der Waals surface area contributed by atoms with Crippen LogP contribution in [0.2, 0.25) is 0 Å². The molecule has 0 bridgehead atoms. The van der Waals surface area contributed by atoms with Gasteiger partial charge in [-0.15, -0.1) is 11.3 Å². The van der Waals surface area contributed by atoms with Crippen molar-refractivity contribution in [3.63, 3.8) is 0 Å². The summed E-state index contributed by atoms with van der Waals surface area (Å²) in [7, 11) is -3.34. The van der Waals surface area contributed by atoms with Crippen LogP contribution >= 0.6 is 11.3 Å². The van der Waals surface area contributed by atoms with E-state index >= 15 is 0 Å². The Bertz CT molecular complexity index is 502. The van der Waals surface area contributed by atoms with E-state index in [9.17, 15) is 8.42 Å². The number of thiophene rings is 1. The zero-order valence-corrected chi connectivity index (χ0v) is 12.5. The molecule has 1 saturated heterocycles. The summed E-state index contributed by atoms with van der Waals surface area (Å²) in [6.45, 7) is 6.27. The van der Waals surface area contributed by atoms with E-state index in [4.69, 9.17) is 0 Å². The molecule has 102 valence electrons. The van der Waals surface area contributed by atoms with Gasteiger partial charge in [0.1, 0.15) is 0 Å². The quantitative estimate of drug-likeness (QED) is 0.885. The molecule has 1 atom stereocenters. The summed E-state index contributed by atoms with van der Waals surface area (Å²) in [4.78, 5) is 2.34. The van der Waals surface area contributed by atoms with Crippen molar-refractivity contribution in [3.05, 3.63) is 15.8 Å². The van der Waals surface area contributed by atoms with E-state index in [0.717, 1.165) is 35.7 Å². The van der Waals surface area contributed by atoms with Crippen LogP contribution in [0.25, 0.3) is 0 Å². The fourth-order valence-corrected chi connectivity index (χ4v) is 4.95. The molecule has 1 aromatic rings. The van der Waals surface area contributed by atoms with E-state index in [0.29, 0.717) is 17.4 Å². The highest BCUT2D eigenvalue weighted by Crippen LogP contribution is 2.24. The SMILES string of the molecule is Cc1cc(S(=O)(=O)NCC2CCCNC2)c(C)s1. The third-order valence-electron chi connectivity index (χ3n) is 3.25. The molecule has 0 aliphatic carbocycles. The average molecular weight is 288 g/mol. The lowest BCUT2D eigenvalue weighted by atomic mass is 10.0. The Labute approximate surface area is 113 Å². The van der Waals surface area contributed by atoms with Gasteiger partial charge in [-0.3, -0.25) is 0 Å². The first-order valence-corrected chi connectivity index (χ1v) is 8.56. The maximum atomic E-state index is 12.2. The summed E-state index contributed by atoms with van der Waals surface area (Å²) in [5, 5.41) is 3.29. The van der Waals surface area contributed by atoms with Crippen LogP contribution in [0.1, 0.15) is 22.6 Å². The molecule has 0 radical (unpaired) electrons. The molecular weight excluding hydrogens is 268 g/mol. The zero-order valence-electron chi connectivity index (χ0n) is 10.8. The number of hydrogen-bond donors (Lipinski definition) is 2. The van der Waals surface area contributed by atoms with E-state index in [1.807, 2.05) is 13.8 Å². The zero-order chi connectivity index (χ0) is 13.2. The van der Waals surface area contributed by atoms with Crippen LogP contribution < -0.4 is 10.0 Å². The van der Waals surface area contributed by atoms with E-state index in [2.05, 4.69) is 10.0 Å². The van der Waals surface area contributed by atoms with Gasteiger partial charge in [0.15, 0.2) is 0 Å². The predicted octanol–water partition coefficient (Wildman–Crippen LogP) is 1.64. The van der Waals surface area contributed by atoms with Crippen LogP contribution in [0, 0.1) is 19.8 Å². The summed E-state index contributed by atoms with van der Waals surface area (Å²) < 4.78 is 27.1. The van der Waals surface area contributed by atoms with Crippen molar-refractivity contribution in [2.75, 3.05) is 19.6 Å². The smallest absolute Gasteiger partial charge is 0.241 e. The Morgan fingerprint density at radius 3 is 2.83 bits per heavy atom. The van der Waals surface area contributed by atoms with Crippen LogP contribution in [-0.2, 0) is 10.0 Å². The molecule has 2 heterocycles. The number of nitrogens with one attached hydrogen (secondary N) is 2. The molecule has 1 aromatic heterocycles. The largest absolute Gasteiger partial charge is 0.316 e. The maximum absolute atomic E-state index is 12.2. The highest BCUT2D eigenvalue weighted by Gasteiger charge is 2.21. The number of sulfonamides is 1. The Balaban J connectivity index is 2.01. The van der Waals surface area contributed by atoms with Crippen molar-refractivity contribution >= 4 is 21.4 Å². The topological polar surface area (TPSA) is 58.2 Å². The highest BCUT2D eigenvalue weighted by molar-refractivity contribution is 7.89. The summed E-state index contributed by atoms with van der Waals surface area (Å²) >= 11 is 1.53. The standard InChI is InChI=1S/C12H20N2O2S2/c1-9-6-12(10(2)17-9)18(15,16)14-8-11-4-3-5-13-7-11/h6,11,13-14H,3-5,7-8H2,1-2H3. The van der Waals surface area contributed by atoms with Gasteiger partial charge in [-0.1, -0.05) is 0 Å². The lowest BCUT2D eigenvalue weighted by Crippen LogP contribution is -2.38. The van der Waals surface area contributed by atoms with E-state index < -0.39 is 10.0 Å². The van der Waals surface area contributed by atoms with E-state index in [1.165, 1.54) is 11.3 Å². The molecule has 1 fully saturated rings. The molecule has 0 aromatic carbocycles. The number of piperidine rings is 1. The van der Waals surface area contributed by atoms with Gasteiger partial charge in [0.2, 0.25) is 10.0 Å². The molecular formula is C12H20N2O2S2. The van der Waals surface area contributed by atoms with Crippen LogP contribution in [0.5, 0.6) is 0 Å². The Hall–Kier alpha value is -0.430. The number of rotatable bonds is 4. The van der Waals surface area contributed by atoms with E-state index in [1.54, 1.807) is 6.07 Å². The van der Waals surface area contributed by atoms with E-state index in [-0.39, 0.29) is 0 Å². The van der Waals surface area contributed by atoms with Gasteiger partial charge in [0.05, 0.1) is 4.90 Å². The lowest BCUT2D eigenvalue weighted by Gasteiger charge is -2.22. The molecule has 6 heteroatoms. The molecule has 1 unspecified atom stereocenters. The fraction of sp³-hybridized carbons (Fsp3) is 0.667. The number of hydrogen-bond acceptors (Lipinski definition) is 4. The number of aryl methyl sites for hydroxylation is 2. The Morgan fingerprint density at radius 1 is 1.50 bits per heavy atom. The second kappa shape index (κ2) is 5.69. The van der Waals surface area contributed by atoms with Crippen molar-refractivity contribution in [3.8, 4) is 0 Å². The first-order valence-electron chi connectivity index (χ1n) is 6.26. The van der Waals surface area contributed by atoms with Gasteiger partial charge >= 0.3 is 0 Å². The fourth-order valence-electron chi connectivity index (χ4n) is 2.28. The third kappa shape index (κ3) is 3.32. The van der Waals surface area contributed by atoms with Gasteiger partial charge in [-0.25, -0.2) is 13.1 Å². The van der Waals surface area contributed by atoms with Crippen LogP contribution in [0.3, 0.4) is 0 Å². The van der Waals surface area contributed by atoms with Crippen LogP contribution in [0.4, 0.5) is 0 Å². The van der Waals surface area contributed by atoms with Gasteiger partial charge in [-0.05, 0) is 51.8 Å². The second-order valence-electron chi connectivity index (χ2n) is 4.84. The molecule has 2 rings (SSSR count). The minimum absolute atomic E-state index is 0.411. The molecule has 0 spiro atoms. The summed E-state index contributed by atoms with van der Waals surface area (Å²) in [6, 6.07) is 1.75. The predicted molar refractivity (Wildman–Crippen MR) is 74.6 cm³/mol. The second-order valence-corrected chi connectivity index (χ2v) is 8.04. The van der Waals surface area contributed by atoms with Gasteiger partial charge in [0.25, 0.3) is 0 Å². The molecule has 0 saturated carbocycles. The monoisotopic (exact) mass is 288 g/mol. The molecule has 4 nitrogen and oxygen atoms in total. The summed E-state index contributed by atoms with van der Waals surface area (Å²) in [5.74, 6) is 0.411. The van der Waals surface area contributed by atoms with Crippen molar-refractivity contribution in [1.82, 2.24) is 10.0 Å². The third-order valence-corrected chi connectivity index (χ3v) is 5.89. The highest BCUT2D eigenvalue weighted by atomic mass is 32.2. The van der Waals surface area contributed by atoms with Crippen molar-refractivity contribution < 1.29 is 8.42 Å². The summed E-state index contributed by atoms with van der Waals surface area (Å²) in [5.41, 5.74) is 0.